The largest absolute Gasteiger partial charge is 0.456 e. The highest BCUT2D eigenvalue weighted by molar-refractivity contribution is 6.05. The molecule has 36 heavy (non-hydrogen) atoms. The molecular formula is C25H27N5O6. The average molecular weight is 494 g/mol. The molecule has 4 rings (SSSR count). The molecule has 1 aromatic carbocycles. The van der Waals surface area contributed by atoms with Gasteiger partial charge in [-0.15, -0.1) is 0 Å². The lowest BCUT2D eigenvalue weighted by atomic mass is 9.92. The zero-order valence-electron chi connectivity index (χ0n) is 19.9. The summed E-state index contributed by atoms with van der Waals surface area (Å²) in [6.45, 7) is 3.11. The lowest BCUT2D eigenvalue weighted by Crippen LogP contribution is -2.43. The fourth-order valence-corrected chi connectivity index (χ4v) is 4.39. The monoisotopic (exact) mass is 493 g/mol. The topological polar surface area (TPSA) is 159 Å². The number of anilines is 1. The van der Waals surface area contributed by atoms with Crippen molar-refractivity contribution in [2.24, 2.45) is 5.92 Å². The minimum atomic E-state index is -2.01. The molecule has 1 saturated heterocycles. The van der Waals surface area contributed by atoms with Gasteiger partial charge in [0.1, 0.15) is 30.1 Å². The molecule has 1 fully saturated rings. The number of nitriles is 1. The first-order valence-electron chi connectivity index (χ1n) is 11.7. The maximum atomic E-state index is 12.7. The molecule has 2 aromatic heterocycles. The lowest BCUT2D eigenvalue weighted by Gasteiger charge is -2.25. The zero-order chi connectivity index (χ0) is 25.9. The molecule has 188 valence electrons. The third kappa shape index (κ3) is 4.30. The van der Waals surface area contributed by atoms with E-state index in [0.29, 0.717) is 23.9 Å². The van der Waals surface area contributed by atoms with Crippen molar-refractivity contribution in [3.8, 4) is 6.07 Å². The van der Waals surface area contributed by atoms with Gasteiger partial charge in [0.05, 0.1) is 18.2 Å². The molecule has 11 nitrogen and oxygen atoms in total. The Labute approximate surface area is 207 Å². The SMILES string of the molecule is CCC(CC)C(=O)O[C@H]1[C@@H](O)[C@](C#N)(c2ccc3c(NC(=O)c4ccccc4)ncnn23)O[C@@H]1CO. The van der Waals surface area contributed by atoms with Gasteiger partial charge in [-0.25, -0.2) is 9.50 Å². The minimum Gasteiger partial charge on any atom is -0.456 e. The van der Waals surface area contributed by atoms with Gasteiger partial charge in [-0.05, 0) is 37.1 Å². The van der Waals surface area contributed by atoms with Crippen LogP contribution in [0.1, 0.15) is 42.7 Å². The molecule has 1 aliphatic heterocycles. The standard InChI is InChI=1S/C25H27N5O6/c1-3-15(4-2)24(34)35-20-18(12-31)36-25(13-26,21(20)32)19-11-10-17-22(27-14-28-30(17)19)29-23(33)16-8-6-5-7-9-16/h5-11,14-15,18,20-21,31-32H,3-4,12H2,1-2H3,(H,27,28,29,33)/t18-,20-,21-,25+/m1/s1. The molecule has 1 amide bonds. The summed E-state index contributed by atoms with van der Waals surface area (Å²) < 4.78 is 12.7. The molecule has 0 unspecified atom stereocenters. The first kappa shape index (κ1) is 25.2. The molecule has 11 heteroatoms. The fraction of sp³-hybridized carbons (Fsp3) is 0.400. The van der Waals surface area contributed by atoms with E-state index in [1.54, 1.807) is 36.4 Å². The van der Waals surface area contributed by atoms with Crippen LogP contribution in [0, 0.1) is 17.2 Å². The molecule has 0 radical (unpaired) electrons. The number of nitrogens with zero attached hydrogens (tertiary/aromatic N) is 4. The van der Waals surface area contributed by atoms with Gasteiger partial charge in [-0.3, -0.25) is 9.59 Å². The van der Waals surface area contributed by atoms with Crippen molar-refractivity contribution in [2.75, 3.05) is 11.9 Å². The number of rotatable bonds is 8. The van der Waals surface area contributed by atoms with Crippen molar-refractivity contribution >= 4 is 23.2 Å². The first-order chi connectivity index (χ1) is 17.4. The fourth-order valence-electron chi connectivity index (χ4n) is 4.39. The third-order valence-electron chi connectivity index (χ3n) is 6.45. The molecular weight excluding hydrogens is 466 g/mol. The highest BCUT2D eigenvalue weighted by Crippen LogP contribution is 2.42. The number of nitrogens with one attached hydrogen (secondary N) is 1. The van der Waals surface area contributed by atoms with E-state index in [-0.39, 0.29) is 23.3 Å². The van der Waals surface area contributed by atoms with E-state index in [2.05, 4.69) is 15.4 Å². The summed E-state index contributed by atoms with van der Waals surface area (Å²) in [5, 5.41) is 38.2. The Morgan fingerprint density at radius 2 is 1.97 bits per heavy atom. The Balaban J connectivity index is 1.69. The summed E-state index contributed by atoms with van der Waals surface area (Å²) in [6.07, 6.45) is -1.74. The van der Waals surface area contributed by atoms with Crippen molar-refractivity contribution in [1.82, 2.24) is 14.6 Å². The van der Waals surface area contributed by atoms with Gasteiger partial charge in [0.25, 0.3) is 5.91 Å². The van der Waals surface area contributed by atoms with Crippen molar-refractivity contribution in [3.05, 3.63) is 60.0 Å². The number of aliphatic hydroxyl groups is 2. The smallest absolute Gasteiger partial charge is 0.309 e. The number of aromatic nitrogens is 3. The predicted molar refractivity (Wildman–Crippen MR) is 127 cm³/mol. The molecule has 0 spiro atoms. The van der Waals surface area contributed by atoms with Crippen LogP contribution in [-0.4, -0.2) is 61.6 Å². The van der Waals surface area contributed by atoms with Gasteiger partial charge in [0.2, 0.25) is 5.60 Å². The van der Waals surface area contributed by atoms with E-state index < -0.39 is 36.5 Å². The van der Waals surface area contributed by atoms with Crippen LogP contribution in [0.25, 0.3) is 5.52 Å². The highest BCUT2D eigenvalue weighted by Gasteiger charge is 2.59. The summed E-state index contributed by atoms with van der Waals surface area (Å²) >= 11 is 0. The van der Waals surface area contributed by atoms with Crippen LogP contribution in [0.4, 0.5) is 5.82 Å². The lowest BCUT2D eigenvalue weighted by molar-refractivity contribution is -0.161. The summed E-state index contributed by atoms with van der Waals surface area (Å²) in [5.41, 5.74) is -1.10. The van der Waals surface area contributed by atoms with Gasteiger partial charge in [-0.1, -0.05) is 32.0 Å². The molecule has 3 N–H and O–H groups in total. The second-order valence-corrected chi connectivity index (χ2v) is 8.49. The highest BCUT2D eigenvalue weighted by atomic mass is 16.6. The molecule has 0 saturated carbocycles. The van der Waals surface area contributed by atoms with Crippen molar-refractivity contribution < 1.29 is 29.3 Å². The Kier molecular flexibility index (Phi) is 7.30. The normalized spacial score (nSPS) is 23.5. The van der Waals surface area contributed by atoms with Crippen molar-refractivity contribution in [2.45, 2.75) is 50.6 Å². The summed E-state index contributed by atoms with van der Waals surface area (Å²) in [6, 6.07) is 13.6. The Bertz CT molecular complexity index is 1290. The van der Waals surface area contributed by atoms with E-state index >= 15 is 0 Å². The molecule has 0 bridgehead atoms. The van der Waals surface area contributed by atoms with E-state index in [1.165, 1.54) is 16.9 Å². The van der Waals surface area contributed by atoms with Crippen LogP contribution in [0.5, 0.6) is 0 Å². The maximum Gasteiger partial charge on any atom is 0.309 e. The van der Waals surface area contributed by atoms with Gasteiger partial charge in [0.15, 0.2) is 11.9 Å². The first-order valence-corrected chi connectivity index (χ1v) is 11.7. The number of hydrogen-bond donors (Lipinski definition) is 3. The third-order valence-corrected chi connectivity index (χ3v) is 6.45. The number of fused-ring (bicyclic) bond motifs is 1. The molecule has 3 heterocycles. The Morgan fingerprint density at radius 1 is 1.25 bits per heavy atom. The van der Waals surface area contributed by atoms with Crippen LogP contribution >= 0.6 is 0 Å². The van der Waals surface area contributed by atoms with E-state index in [4.69, 9.17) is 9.47 Å². The summed E-state index contributed by atoms with van der Waals surface area (Å²) in [7, 11) is 0. The minimum absolute atomic E-state index is 0.129. The van der Waals surface area contributed by atoms with Crippen LogP contribution in [0.2, 0.25) is 0 Å². The van der Waals surface area contributed by atoms with Gasteiger partial charge < -0.3 is 25.0 Å². The number of esters is 1. The number of benzene rings is 1. The van der Waals surface area contributed by atoms with E-state index in [0.717, 1.165) is 0 Å². The van der Waals surface area contributed by atoms with Crippen LogP contribution in [0.15, 0.2) is 48.8 Å². The maximum absolute atomic E-state index is 12.7. The second-order valence-electron chi connectivity index (χ2n) is 8.49. The number of aliphatic hydroxyl groups excluding tert-OH is 2. The Morgan fingerprint density at radius 3 is 2.61 bits per heavy atom. The number of amides is 1. The number of ether oxygens (including phenoxy) is 2. The zero-order valence-corrected chi connectivity index (χ0v) is 19.9. The number of carbonyl (C=O) groups excluding carboxylic acids is 2. The van der Waals surface area contributed by atoms with Crippen molar-refractivity contribution in [1.29, 1.82) is 5.26 Å². The summed E-state index contributed by atoms with van der Waals surface area (Å²) in [5.74, 6) is -1.12. The van der Waals surface area contributed by atoms with Crippen LogP contribution in [-0.2, 0) is 19.9 Å². The quantitative estimate of drug-likeness (QED) is 0.398. The Hall–Kier alpha value is -3.85. The summed E-state index contributed by atoms with van der Waals surface area (Å²) in [4.78, 5) is 29.4. The molecule has 4 atom stereocenters. The van der Waals surface area contributed by atoms with Gasteiger partial charge in [0, 0.05) is 5.56 Å². The average Bonchev–Trinajstić information content (AvgIpc) is 3.46. The number of carbonyl (C=O) groups is 2. The molecule has 0 aliphatic carbocycles. The second kappa shape index (κ2) is 10.4. The van der Waals surface area contributed by atoms with Crippen LogP contribution in [0.3, 0.4) is 0 Å². The predicted octanol–water partition coefficient (Wildman–Crippen LogP) is 1.80. The molecule has 3 aromatic rings. The van der Waals surface area contributed by atoms with Gasteiger partial charge >= 0.3 is 5.97 Å². The van der Waals surface area contributed by atoms with Gasteiger partial charge in [-0.2, -0.15) is 10.4 Å². The van der Waals surface area contributed by atoms with E-state index in [9.17, 15) is 25.1 Å². The van der Waals surface area contributed by atoms with Crippen molar-refractivity contribution in [3.63, 3.8) is 0 Å². The molecule has 1 aliphatic rings. The van der Waals surface area contributed by atoms with Crippen LogP contribution < -0.4 is 5.32 Å². The van der Waals surface area contributed by atoms with E-state index in [1.807, 2.05) is 19.9 Å². The number of hydrogen-bond acceptors (Lipinski definition) is 9.